The van der Waals surface area contributed by atoms with Gasteiger partial charge in [0.05, 0.1) is 125 Å². The molecule has 0 aliphatic rings. The summed E-state index contributed by atoms with van der Waals surface area (Å²) >= 11 is 0. The highest BCUT2D eigenvalue weighted by Crippen LogP contribution is 2.32. The quantitative estimate of drug-likeness (QED) is 0.0101. The number of aliphatic hydroxyl groups is 5. The number of benzene rings is 9. The number of aliphatic hydroxyl groups excluding tert-OH is 5. The average molecular weight is 2070 g/mol. The molecule has 144 heavy (non-hydrogen) atoms. The standard InChI is InChI=1S/2C34H43F2N3O8S.C34H41F2N3O8S/c3*1-21(40)24-15-25(17-28(16-24)38(5)48(7,44)45)32(42)37-30(14-23-11-26(35)18-27(36)12-23)31(41)20-39(33(43)47-34(2,3)4)19-22-9-8-10-29(13-22)46-6/h2*8-13,15-18,21,30-31,40-41H,14,19-20H2,1-7H3,(H,37,42);8-13,15-18,30-31,41H,14,19-20H2,1-7H3,(H,37,42)/t2*21?,30-,31+;30-,31+/m000/s1. The number of sulfonamides is 3. The molecule has 8 atom stereocenters. The zero-order valence-corrected chi connectivity index (χ0v) is 86.4. The van der Waals surface area contributed by atoms with Crippen molar-refractivity contribution in [2.24, 2.45) is 0 Å². The molecule has 42 heteroatoms. The first kappa shape index (κ1) is 118. The maximum atomic E-state index is 14.2. The highest BCUT2D eigenvalue weighted by molar-refractivity contribution is 7.92. The number of methoxy groups -OCH3 is 3. The minimum Gasteiger partial charge on any atom is -0.497 e. The first-order valence-corrected chi connectivity index (χ1v) is 50.6. The Morgan fingerprint density at radius 2 is 0.576 bits per heavy atom. The number of hydrogen-bond donors (Lipinski definition) is 8. The minimum atomic E-state index is -3.77. The fourth-order valence-corrected chi connectivity index (χ4v) is 15.7. The Labute approximate surface area is 836 Å². The minimum absolute atomic E-state index is 0.0178. The summed E-state index contributed by atoms with van der Waals surface area (Å²) < 4.78 is 194. The van der Waals surface area contributed by atoms with E-state index in [0.717, 1.165) is 68.1 Å². The molecule has 784 valence electrons. The molecule has 2 unspecified atom stereocenters. The van der Waals surface area contributed by atoms with E-state index in [1.807, 2.05) is 0 Å². The maximum absolute atomic E-state index is 14.2. The molecule has 0 fully saturated rings. The molecule has 0 aliphatic heterocycles. The fraction of sp³-hybridized carbons (Fsp3) is 0.402. The van der Waals surface area contributed by atoms with Crippen LogP contribution in [0.1, 0.15) is 181 Å². The van der Waals surface area contributed by atoms with Gasteiger partial charge in [-0.05, 0) is 274 Å². The Bertz CT molecular complexity index is 6080. The van der Waals surface area contributed by atoms with Gasteiger partial charge in [0.2, 0.25) is 30.1 Å². The van der Waals surface area contributed by atoms with E-state index in [4.69, 9.17) is 28.4 Å². The summed E-state index contributed by atoms with van der Waals surface area (Å²) in [4.78, 5) is 97.1. The van der Waals surface area contributed by atoms with Crippen LogP contribution in [0.2, 0.25) is 0 Å². The van der Waals surface area contributed by atoms with Gasteiger partial charge in [-0.25, -0.2) is 66.0 Å². The number of carbonyl (C=O) groups excluding carboxylic acids is 7. The van der Waals surface area contributed by atoms with Crippen LogP contribution in [0.25, 0.3) is 0 Å². The first-order valence-electron chi connectivity index (χ1n) is 45.0. The molecule has 6 amide bonds. The summed E-state index contributed by atoms with van der Waals surface area (Å²) in [5.74, 6) is -6.42. The molecule has 8 N–H and O–H groups in total. The molecule has 9 aromatic rings. The van der Waals surface area contributed by atoms with E-state index in [1.54, 1.807) is 135 Å². The number of rotatable bonds is 39. The highest BCUT2D eigenvalue weighted by atomic mass is 32.2. The first-order chi connectivity index (χ1) is 66.7. The molecule has 9 rings (SSSR count). The Balaban J connectivity index is 0.000000293. The lowest BCUT2D eigenvalue weighted by atomic mass is 9.99. The van der Waals surface area contributed by atoms with Crippen LogP contribution in [0.15, 0.2) is 182 Å². The lowest BCUT2D eigenvalue weighted by molar-refractivity contribution is 0.00768. The molecule has 9 aromatic carbocycles. The van der Waals surface area contributed by atoms with Gasteiger partial charge in [-0.2, -0.15) is 0 Å². The maximum Gasteiger partial charge on any atom is 0.410 e. The zero-order valence-electron chi connectivity index (χ0n) is 84.0. The van der Waals surface area contributed by atoms with E-state index in [0.29, 0.717) is 52.1 Å². The van der Waals surface area contributed by atoms with E-state index in [-0.39, 0.29) is 126 Å². The van der Waals surface area contributed by atoms with Gasteiger partial charge in [-0.1, -0.05) is 36.4 Å². The van der Waals surface area contributed by atoms with E-state index in [1.165, 1.54) is 133 Å². The molecule has 0 spiro atoms. The Hall–Kier alpha value is -13.1. The molecule has 0 aromatic heterocycles. The summed E-state index contributed by atoms with van der Waals surface area (Å²) in [6.07, 6.45) is -6.82. The number of ether oxygens (including phenoxy) is 6. The molecule has 0 heterocycles. The molecule has 0 saturated heterocycles. The van der Waals surface area contributed by atoms with Crippen LogP contribution in [0.3, 0.4) is 0 Å². The van der Waals surface area contributed by atoms with Crippen molar-refractivity contribution in [3.8, 4) is 17.2 Å². The van der Waals surface area contributed by atoms with E-state index in [2.05, 4.69) is 16.0 Å². The second-order valence-electron chi connectivity index (χ2n) is 37.5. The molecule has 0 aliphatic carbocycles. The van der Waals surface area contributed by atoms with Crippen LogP contribution >= 0.6 is 0 Å². The Morgan fingerprint density at radius 1 is 0.340 bits per heavy atom. The van der Waals surface area contributed by atoms with Crippen LogP contribution in [-0.4, -0.2) is 241 Å². The van der Waals surface area contributed by atoms with Gasteiger partial charge in [0.1, 0.15) is 69.0 Å². The van der Waals surface area contributed by atoms with Gasteiger partial charge >= 0.3 is 18.3 Å². The van der Waals surface area contributed by atoms with Crippen molar-refractivity contribution in [1.29, 1.82) is 0 Å². The fourth-order valence-electron chi connectivity index (χ4n) is 14.3. The monoisotopic (exact) mass is 2070 g/mol. The second kappa shape index (κ2) is 50.9. The Kier molecular flexibility index (Phi) is 41.7. The second-order valence-corrected chi connectivity index (χ2v) is 43.6. The number of anilines is 3. The third-order valence-corrected chi connectivity index (χ3v) is 25.3. The summed E-state index contributed by atoms with van der Waals surface area (Å²) in [6.45, 7) is 18.1. The number of carbonyl (C=O) groups is 7. The van der Waals surface area contributed by atoms with Gasteiger partial charge in [0, 0.05) is 81.2 Å². The van der Waals surface area contributed by atoms with Crippen LogP contribution in [0, 0.1) is 34.9 Å². The summed E-state index contributed by atoms with van der Waals surface area (Å²) in [5.41, 5.74) is 0.161. The Morgan fingerprint density at radius 3 is 0.799 bits per heavy atom. The summed E-state index contributed by atoms with van der Waals surface area (Å²) in [5, 5.41) is 63.3. The predicted octanol–water partition coefficient (Wildman–Crippen LogP) is 13.8. The smallest absolute Gasteiger partial charge is 0.410 e. The zero-order chi connectivity index (χ0) is 108. The number of Topliss-reactive ketones (excluding diaryl/α,β-unsaturated/α-hetero) is 1. The average Bonchev–Trinajstić information content (AvgIpc) is 0.815. The van der Waals surface area contributed by atoms with Gasteiger partial charge in [0.15, 0.2) is 5.78 Å². The molecular weight excluding hydrogens is 1950 g/mol. The van der Waals surface area contributed by atoms with E-state index < -0.39 is 172 Å². The van der Waals surface area contributed by atoms with Gasteiger partial charge in [-0.15, -0.1) is 0 Å². The molecular formula is C102H127F6N9O24S3. The van der Waals surface area contributed by atoms with Crippen molar-refractivity contribution in [3.05, 3.63) is 284 Å². The van der Waals surface area contributed by atoms with Gasteiger partial charge in [-0.3, -0.25) is 32.1 Å². The van der Waals surface area contributed by atoms with Crippen molar-refractivity contribution in [2.75, 3.05) is 93.8 Å². The van der Waals surface area contributed by atoms with Crippen LogP contribution in [0.5, 0.6) is 17.2 Å². The number of halogens is 6. The van der Waals surface area contributed by atoms with Crippen molar-refractivity contribution in [3.63, 3.8) is 0 Å². The van der Waals surface area contributed by atoms with Crippen LogP contribution in [0.4, 0.5) is 57.8 Å². The molecule has 0 saturated carbocycles. The topological polar surface area (TPSA) is 434 Å². The van der Waals surface area contributed by atoms with Crippen LogP contribution in [-0.2, 0) is 83.2 Å². The molecule has 0 radical (unpaired) electrons. The van der Waals surface area contributed by atoms with Crippen LogP contribution < -0.4 is 43.1 Å². The summed E-state index contributed by atoms with van der Waals surface area (Å²) in [7, 11) is -2.93. The van der Waals surface area contributed by atoms with Crippen molar-refractivity contribution in [1.82, 2.24) is 30.7 Å². The largest absolute Gasteiger partial charge is 0.497 e. The lowest BCUT2D eigenvalue weighted by Gasteiger charge is -2.32. The SMILES string of the molecule is COc1cccc(CN(C[C@@H](O)[C@H](Cc2cc(F)cc(F)c2)NC(=O)c2cc(C(C)=O)cc(N(C)S(C)(=O)=O)c2)C(=O)OC(C)(C)C)c1.COc1cccc(CN(C[C@@H](O)[C@H](Cc2cc(F)cc(F)c2)NC(=O)c2cc(C(C)O)cc(N(C)S(C)(=O)=O)c2)C(=O)OC(C)(C)C)c1.COc1cccc(CN(C[C@@H](O)[C@H](Cc2cc(F)cc(F)c2)NC(=O)c2cc(C(C)O)cc(N(C)S(C)(=O)=O)c2)C(=O)OC(C)(C)C)c1. The van der Waals surface area contributed by atoms with E-state index >= 15 is 0 Å². The molecule has 33 nitrogen and oxygen atoms in total. The van der Waals surface area contributed by atoms with Gasteiger partial charge in [0.25, 0.3) is 17.7 Å². The third-order valence-electron chi connectivity index (χ3n) is 21.7. The van der Waals surface area contributed by atoms with Crippen molar-refractivity contribution in [2.45, 2.75) is 187 Å². The van der Waals surface area contributed by atoms with Crippen molar-refractivity contribution >= 4 is 88.9 Å². The van der Waals surface area contributed by atoms with Gasteiger partial charge < -0.3 is 84.6 Å². The van der Waals surface area contributed by atoms with E-state index in [9.17, 15) is 111 Å². The molecule has 0 bridgehead atoms. The number of nitrogens with one attached hydrogen (secondary N) is 3. The predicted molar refractivity (Wildman–Crippen MR) is 531 cm³/mol. The third kappa shape index (κ3) is 37.9. The lowest BCUT2D eigenvalue weighted by Crippen LogP contribution is -2.51. The number of ketones is 1. The number of nitrogens with zero attached hydrogens (tertiary/aromatic N) is 6. The van der Waals surface area contributed by atoms with Crippen molar-refractivity contribution < 1.29 is 139 Å². The summed E-state index contributed by atoms with van der Waals surface area (Å²) in [6, 6.07) is 37.4. The highest BCUT2D eigenvalue weighted by Gasteiger charge is 2.36. The normalized spacial score (nSPS) is 13.4. The number of amides is 6. The number of hydrogen-bond acceptors (Lipinski definition) is 24.